The number of H-pyrrole nitrogens is 1. The Labute approximate surface area is 191 Å². The minimum atomic E-state index is -0.0890. The number of nitrogens with zero attached hydrogens (tertiary/aromatic N) is 5. The van der Waals surface area contributed by atoms with Gasteiger partial charge in [0.05, 0.1) is 17.9 Å². The molecule has 2 aliphatic rings. The molecule has 0 radical (unpaired) electrons. The Kier molecular flexibility index (Phi) is 5.10. The molecule has 0 bridgehead atoms. The third-order valence-corrected chi connectivity index (χ3v) is 7.15. The summed E-state index contributed by atoms with van der Waals surface area (Å²) in [6.45, 7) is 4.67. The Morgan fingerprint density at radius 1 is 1.12 bits per heavy atom. The molecule has 1 saturated heterocycles. The average molecular weight is 445 g/mol. The molecular formula is C25H28N6O2. The first-order valence-corrected chi connectivity index (χ1v) is 11.9. The van der Waals surface area contributed by atoms with Gasteiger partial charge in [0.25, 0.3) is 5.56 Å². The van der Waals surface area contributed by atoms with Gasteiger partial charge in [-0.2, -0.15) is 5.10 Å². The van der Waals surface area contributed by atoms with Crippen LogP contribution in [0.4, 0.5) is 0 Å². The van der Waals surface area contributed by atoms with Crippen molar-refractivity contribution in [3.05, 3.63) is 64.7 Å². The number of oxazole rings is 1. The minimum absolute atomic E-state index is 0.0890. The Morgan fingerprint density at radius 3 is 2.76 bits per heavy atom. The monoisotopic (exact) mass is 444 g/mol. The number of aromatic nitrogens is 5. The lowest BCUT2D eigenvalue weighted by Crippen LogP contribution is -2.22. The summed E-state index contributed by atoms with van der Waals surface area (Å²) in [6.07, 6.45) is 8.05. The molecule has 0 spiro atoms. The van der Waals surface area contributed by atoms with Crippen molar-refractivity contribution in [2.45, 2.75) is 51.1 Å². The second-order valence-electron chi connectivity index (χ2n) is 9.50. The molecule has 0 amide bonds. The van der Waals surface area contributed by atoms with Crippen molar-refractivity contribution in [1.82, 2.24) is 29.6 Å². The molecule has 4 aromatic rings. The predicted molar refractivity (Wildman–Crippen MR) is 125 cm³/mol. The van der Waals surface area contributed by atoms with Crippen molar-refractivity contribution in [3.63, 3.8) is 0 Å². The van der Waals surface area contributed by atoms with Crippen LogP contribution >= 0.6 is 0 Å². The zero-order valence-electron chi connectivity index (χ0n) is 18.8. The standard InChI is InChI=1S/C25H28N6O2/c1-16-12-30(13-18-15-33-25(27-18)17-7-3-2-4-8-17)14-21(16)22-28-23-20(24(32)29-22)11-26-31(23)19-9-5-6-10-19/h2-4,7-8,11,15-16,19,21H,5-6,9-10,12-14H2,1H3,(H,28,29,32)/t16-,21-/m1/s1. The summed E-state index contributed by atoms with van der Waals surface area (Å²) >= 11 is 0. The molecule has 1 N–H and O–H groups in total. The van der Waals surface area contributed by atoms with Crippen LogP contribution in [0.25, 0.3) is 22.5 Å². The van der Waals surface area contributed by atoms with Gasteiger partial charge >= 0.3 is 0 Å². The third kappa shape index (κ3) is 3.78. The normalized spacial score (nSPS) is 22.0. The van der Waals surface area contributed by atoms with Crippen molar-refractivity contribution in [2.75, 3.05) is 13.1 Å². The molecule has 2 atom stereocenters. The fraction of sp³-hybridized carbons (Fsp3) is 0.440. The van der Waals surface area contributed by atoms with Crippen LogP contribution in [0.15, 0.2) is 52.0 Å². The van der Waals surface area contributed by atoms with Gasteiger partial charge in [-0.15, -0.1) is 0 Å². The summed E-state index contributed by atoms with van der Waals surface area (Å²) in [6, 6.07) is 10.3. The van der Waals surface area contributed by atoms with Crippen molar-refractivity contribution in [1.29, 1.82) is 0 Å². The van der Waals surface area contributed by atoms with Crippen LogP contribution in [0.3, 0.4) is 0 Å². The van der Waals surface area contributed by atoms with Crippen LogP contribution in [-0.4, -0.2) is 42.7 Å². The maximum Gasteiger partial charge on any atom is 0.262 e. The van der Waals surface area contributed by atoms with Crippen LogP contribution in [-0.2, 0) is 6.54 Å². The molecule has 2 fully saturated rings. The number of likely N-dealkylation sites (tertiary alicyclic amines) is 1. The van der Waals surface area contributed by atoms with E-state index in [1.807, 2.05) is 35.0 Å². The molecule has 33 heavy (non-hydrogen) atoms. The Morgan fingerprint density at radius 2 is 1.94 bits per heavy atom. The van der Waals surface area contributed by atoms with E-state index in [1.165, 1.54) is 12.8 Å². The van der Waals surface area contributed by atoms with E-state index in [-0.39, 0.29) is 11.5 Å². The number of benzene rings is 1. The van der Waals surface area contributed by atoms with Crippen molar-refractivity contribution >= 4 is 11.0 Å². The molecule has 170 valence electrons. The number of fused-ring (bicyclic) bond motifs is 1. The van der Waals surface area contributed by atoms with E-state index in [2.05, 4.69) is 26.9 Å². The first-order chi connectivity index (χ1) is 16.2. The molecule has 8 heteroatoms. The third-order valence-electron chi connectivity index (χ3n) is 7.15. The number of hydrogen-bond donors (Lipinski definition) is 1. The smallest absolute Gasteiger partial charge is 0.262 e. The van der Waals surface area contributed by atoms with E-state index in [9.17, 15) is 4.79 Å². The number of aromatic amines is 1. The largest absolute Gasteiger partial charge is 0.444 e. The van der Waals surface area contributed by atoms with Gasteiger partial charge in [0.15, 0.2) is 5.65 Å². The van der Waals surface area contributed by atoms with Crippen molar-refractivity contribution in [3.8, 4) is 11.5 Å². The van der Waals surface area contributed by atoms with Gasteiger partial charge in [-0.05, 0) is 30.9 Å². The van der Waals surface area contributed by atoms with Crippen LogP contribution < -0.4 is 5.56 Å². The van der Waals surface area contributed by atoms with Gasteiger partial charge in [0, 0.05) is 31.1 Å². The highest BCUT2D eigenvalue weighted by Gasteiger charge is 2.34. The molecule has 3 aromatic heterocycles. The summed E-state index contributed by atoms with van der Waals surface area (Å²) in [4.78, 5) is 27.9. The zero-order valence-corrected chi connectivity index (χ0v) is 18.8. The van der Waals surface area contributed by atoms with Gasteiger partial charge in [-0.3, -0.25) is 9.69 Å². The van der Waals surface area contributed by atoms with Crippen LogP contribution in [0.5, 0.6) is 0 Å². The number of nitrogens with one attached hydrogen (secondary N) is 1. The molecular weight excluding hydrogens is 416 g/mol. The summed E-state index contributed by atoms with van der Waals surface area (Å²) < 4.78 is 7.69. The Bertz CT molecular complexity index is 1320. The Hall–Kier alpha value is -3.26. The maximum atomic E-state index is 12.8. The van der Waals surface area contributed by atoms with Gasteiger partial charge in [0.1, 0.15) is 17.5 Å². The van der Waals surface area contributed by atoms with Crippen molar-refractivity contribution < 1.29 is 4.42 Å². The summed E-state index contributed by atoms with van der Waals surface area (Å²) in [7, 11) is 0. The zero-order chi connectivity index (χ0) is 22.4. The summed E-state index contributed by atoms with van der Waals surface area (Å²) in [5.74, 6) is 1.95. The lowest BCUT2D eigenvalue weighted by atomic mass is 9.97. The first kappa shape index (κ1) is 20.4. The fourth-order valence-electron chi connectivity index (χ4n) is 5.42. The highest BCUT2D eigenvalue weighted by Crippen LogP contribution is 2.33. The SMILES string of the molecule is C[C@@H]1CN(Cc2coc(-c3ccccc3)n2)C[C@H]1c1nc2c(cnn2C2CCCC2)c(=O)[nH]1. The molecule has 6 rings (SSSR count). The highest BCUT2D eigenvalue weighted by atomic mass is 16.3. The highest BCUT2D eigenvalue weighted by molar-refractivity contribution is 5.73. The average Bonchev–Trinajstić information content (AvgIpc) is 3.61. The van der Waals surface area contributed by atoms with E-state index < -0.39 is 0 Å². The topological polar surface area (TPSA) is 92.8 Å². The quantitative estimate of drug-likeness (QED) is 0.498. The first-order valence-electron chi connectivity index (χ1n) is 11.9. The summed E-state index contributed by atoms with van der Waals surface area (Å²) in [5, 5.41) is 5.12. The van der Waals surface area contributed by atoms with E-state index in [0.717, 1.165) is 48.7 Å². The molecule has 0 unspecified atom stereocenters. The lowest BCUT2D eigenvalue weighted by molar-refractivity contribution is 0.314. The molecule has 1 aliphatic heterocycles. The molecule has 1 aliphatic carbocycles. The second kappa shape index (κ2) is 8.26. The van der Waals surface area contributed by atoms with Gasteiger partial charge in [0.2, 0.25) is 5.89 Å². The maximum absolute atomic E-state index is 12.8. The molecule has 8 nitrogen and oxygen atoms in total. The number of rotatable bonds is 5. The predicted octanol–water partition coefficient (Wildman–Crippen LogP) is 4.13. The summed E-state index contributed by atoms with van der Waals surface area (Å²) in [5.41, 5.74) is 2.53. The van der Waals surface area contributed by atoms with Gasteiger partial charge in [-0.25, -0.2) is 14.6 Å². The lowest BCUT2D eigenvalue weighted by Gasteiger charge is -2.15. The van der Waals surface area contributed by atoms with E-state index in [0.29, 0.717) is 29.8 Å². The molecule has 1 aromatic carbocycles. The van der Waals surface area contributed by atoms with E-state index >= 15 is 0 Å². The van der Waals surface area contributed by atoms with Gasteiger partial charge in [-0.1, -0.05) is 38.0 Å². The molecule has 4 heterocycles. The molecule has 1 saturated carbocycles. The number of hydrogen-bond acceptors (Lipinski definition) is 6. The van der Waals surface area contributed by atoms with Crippen LogP contribution in [0.1, 0.15) is 56.1 Å². The van der Waals surface area contributed by atoms with Crippen LogP contribution in [0, 0.1) is 5.92 Å². The fourth-order valence-corrected chi connectivity index (χ4v) is 5.42. The Balaban J connectivity index is 1.22. The van der Waals surface area contributed by atoms with E-state index in [4.69, 9.17) is 9.40 Å². The van der Waals surface area contributed by atoms with Crippen LogP contribution in [0.2, 0.25) is 0 Å². The second-order valence-corrected chi connectivity index (χ2v) is 9.50. The van der Waals surface area contributed by atoms with Crippen molar-refractivity contribution in [2.24, 2.45) is 5.92 Å². The van der Waals surface area contributed by atoms with Gasteiger partial charge < -0.3 is 9.40 Å². The van der Waals surface area contributed by atoms with E-state index in [1.54, 1.807) is 12.5 Å². The minimum Gasteiger partial charge on any atom is -0.444 e.